The van der Waals surface area contributed by atoms with Gasteiger partial charge < -0.3 is 0 Å². The van der Waals surface area contributed by atoms with E-state index in [0.29, 0.717) is 0 Å². The van der Waals surface area contributed by atoms with Crippen molar-refractivity contribution in [1.82, 2.24) is 0 Å². The van der Waals surface area contributed by atoms with Crippen molar-refractivity contribution in [2.24, 2.45) is 0 Å². The number of fused-ring (bicyclic) bond motifs is 2. The second kappa shape index (κ2) is 28.8. The molecule has 0 spiro atoms. The van der Waals surface area contributed by atoms with Gasteiger partial charge in [-0.2, -0.15) is 0 Å². The van der Waals surface area contributed by atoms with Gasteiger partial charge in [0.25, 0.3) is 0 Å². The predicted molar refractivity (Wildman–Crippen MR) is 340 cm³/mol. The molecule has 0 aliphatic heterocycles. The predicted octanol–water partition coefficient (Wildman–Crippen LogP) is 22.6. The third-order valence-electron chi connectivity index (χ3n) is 12.7. The Morgan fingerprint density at radius 1 is 0.447 bits per heavy atom. The van der Waals surface area contributed by atoms with Crippen LogP contribution in [0, 0.1) is 0 Å². The fourth-order valence-electron chi connectivity index (χ4n) is 9.39. The zero-order valence-electron chi connectivity index (χ0n) is 45.1. The molecule has 0 bridgehead atoms. The van der Waals surface area contributed by atoms with Crippen LogP contribution in [0.4, 0.5) is 0 Å². The second-order valence-electron chi connectivity index (χ2n) is 17.6. The molecule has 0 saturated heterocycles. The highest BCUT2D eigenvalue weighted by molar-refractivity contribution is 7.16. The van der Waals surface area contributed by atoms with Gasteiger partial charge in [-0.15, -0.1) is 23.6 Å². The fourth-order valence-corrected chi connectivity index (χ4v) is 10.4. The van der Waals surface area contributed by atoms with Crippen LogP contribution >= 0.6 is 11.3 Å². The van der Waals surface area contributed by atoms with E-state index in [1.807, 2.05) is 58.1 Å². The van der Waals surface area contributed by atoms with Crippen molar-refractivity contribution >= 4 is 61.8 Å². The molecule has 1 heterocycles. The molecule has 76 heavy (non-hydrogen) atoms. The van der Waals surface area contributed by atoms with Crippen molar-refractivity contribution in [3.05, 3.63) is 312 Å². The van der Waals surface area contributed by atoms with Gasteiger partial charge in [0.1, 0.15) is 0 Å². The molecule has 0 atom stereocenters. The Kier molecular flexibility index (Phi) is 20.9. The summed E-state index contributed by atoms with van der Waals surface area (Å²) in [4.78, 5) is 2.47. The van der Waals surface area contributed by atoms with Gasteiger partial charge in [-0.05, 0) is 157 Å². The minimum Gasteiger partial charge on any atom is -0.135 e. The Bertz CT molecular complexity index is 3510. The molecule has 0 unspecified atom stereocenters. The summed E-state index contributed by atoms with van der Waals surface area (Å²) in [5.41, 5.74) is 20.2. The largest absolute Gasteiger partial charge is 0.135 e. The van der Waals surface area contributed by atoms with Crippen LogP contribution in [0.15, 0.2) is 274 Å². The number of rotatable bonds is 14. The molecule has 0 saturated carbocycles. The Hall–Kier alpha value is -8.58. The normalized spacial score (nSPS) is 10.3. The standard InChI is InChI=1S/C68H52S.C3H6.2C2H6/c1-3-5-11-31-55(22-6-4-2)65-44-45-66(69-65)58-42-43-61-64(48-58)68(57-40-36-50(37-41-57)47-63(53-27-16-9-17-28-53)54-29-18-10-19-30-54)60-33-21-20-32-59(60)67(61)56-38-34-49(35-39-56)46-62(51-23-12-7-13-24-51)52-25-14-8-15-26-52;1-3-2;2*1-2/h3-10,12-21,23-30,32-48H,2,11,31H2,1H3;3H,1H2,2H3;2*1-2H3/b5-3-;;;. The van der Waals surface area contributed by atoms with Gasteiger partial charge in [0, 0.05) is 15.3 Å². The van der Waals surface area contributed by atoms with E-state index in [9.17, 15) is 0 Å². The molecule has 1 aromatic heterocycles. The topological polar surface area (TPSA) is 0 Å². The number of hydrogen-bond donors (Lipinski definition) is 0. The summed E-state index contributed by atoms with van der Waals surface area (Å²) >= 11 is 1.83. The second-order valence-corrected chi connectivity index (χ2v) is 18.7. The van der Waals surface area contributed by atoms with Crippen molar-refractivity contribution in [2.45, 2.75) is 54.4 Å². The third-order valence-corrected chi connectivity index (χ3v) is 13.9. The average molecular weight is 1000 g/mol. The molecular weight excluding hydrogens is 933 g/mol. The molecule has 0 amide bonds. The molecule has 376 valence electrons. The molecule has 9 aromatic carbocycles. The van der Waals surface area contributed by atoms with E-state index in [2.05, 4.69) is 275 Å². The van der Waals surface area contributed by atoms with E-state index >= 15 is 0 Å². The van der Waals surface area contributed by atoms with Crippen LogP contribution in [0.2, 0.25) is 0 Å². The van der Waals surface area contributed by atoms with Crippen molar-refractivity contribution in [1.29, 1.82) is 0 Å². The first-order valence-electron chi connectivity index (χ1n) is 26.8. The summed E-state index contributed by atoms with van der Waals surface area (Å²) in [5, 5.41) is 4.91. The highest BCUT2D eigenvalue weighted by Gasteiger charge is 2.19. The van der Waals surface area contributed by atoms with E-state index in [0.717, 1.165) is 24.0 Å². The number of benzene rings is 9. The van der Waals surface area contributed by atoms with E-state index < -0.39 is 0 Å². The first-order valence-corrected chi connectivity index (χ1v) is 27.6. The van der Waals surface area contributed by atoms with Gasteiger partial charge in [-0.1, -0.05) is 265 Å². The van der Waals surface area contributed by atoms with Gasteiger partial charge in [0.2, 0.25) is 0 Å². The number of thiophene rings is 1. The first-order chi connectivity index (χ1) is 37.6. The van der Waals surface area contributed by atoms with E-state index in [-0.39, 0.29) is 0 Å². The van der Waals surface area contributed by atoms with Gasteiger partial charge in [-0.25, -0.2) is 0 Å². The summed E-state index contributed by atoms with van der Waals surface area (Å²) in [5.74, 6) is 0. The average Bonchev–Trinajstić information content (AvgIpc) is 4.00. The van der Waals surface area contributed by atoms with Crippen LogP contribution < -0.4 is 0 Å². The number of hydrogen-bond acceptors (Lipinski definition) is 1. The lowest BCUT2D eigenvalue weighted by atomic mass is 9.85. The van der Waals surface area contributed by atoms with Crippen LogP contribution in [-0.2, 0) is 0 Å². The van der Waals surface area contributed by atoms with E-state index in [1.54, 1.807) is 6.08 Å². The van der Waals surface area contributed by atoms with Crippen LogP contribution in [0.25, 0.3) is 83.1 Å². The van der Waals surface area contributed by atoms with Crippen molar-refractivity contribution in [3.8, 4) is 32.7 Å². The highest BCUT2D eigenvalue weighted by atomic mass is 32.1. The maximum absolute atomic E-state index is 3.92. The van der Waals surface area contributed by atoms with Gasteiger partial charge in [0.15, 0.2) is 0 Å². The molecule has 10 rings (SSSR count). The third kappa shape index (κ3) is 13.6. The molecule has 0 aliphatic rings. The summed E-state index contributed by atoms with van der Waals surface area (Å²) in [6.45, 7) is 19.3. The Morgan fingerprint density at radius 3 is 1.26 bits per heavy atom. The Labute approximate surface area is 458 Å². The SMILES string of the molecule is C=CC.C=CC=C=C(CC/C=C\C)c1ccc(-c2ccc3c(-c4ccc(C=C(c5ccccc5)c5ccccc5)cc4)c4ccccc4c(-c4ccc(C=C(c5ccccc5)c5ccccc5)cc4)c3c2)s1.CC.CC. The molecule has 0 N–H and O–H groups in total. The number of allylic oxidation sites excluding steroid dienone is 5. The summed E-state index contributed by atoms with van der Waals surface area (Å²) in [7, 11) is 0. The van der Waals surface area contributed by atoms with Gasteiger partial charge in [-0.3, -0.25) is 0 Å². The zero-order valence-corrected chi connectivity index (χ0v) is 46.0. The summed E-state index contributed by atoms with van der Waals surface area (Å²) in [6, 6.07) is 81.6. The zero-order chi connectivity index (χ0) is 53.5. The molecular formula is C75H70S. The van der Waals surface area contributed by atoms with Crippen LogP contribution in [-0.4, -0.2) is 0 Å². The fraction of sp³-hybridized carbons (Fsp3) is 0.107. The lowest BCUT2D eigenvalue weighted by molar-refractivity contribution is 1.07. The monoisotopic (exact) mass is 1000 g/mol. The minimum absolute atomic E-state index is 0.920. The van der Waals surface area contributed by atoms with Gasteiger partial charge >= 0.3 is 0 Å². The molecule has 10 aromatic rings. The maximum Gasteiger partial charge on any atom is 0.0386 e. The Balaban J connectivity index is 0.00000115. The smallest absolute Gasteiger partial charge is 0.0386 e. The molecule has 0 radical (unpaired) electrons. The Morgan fingerprint density at radius 2 is 0.842 bits per heavy atom. The minimum atomic E-state index is 0.920. The van der Waals surface area contributed by atoms with Crippen LogP contribution in [0.1, 0.15) is 92.6 Å². The van der Waals surface area contributed by atoms with Crippen molar-refractivity contribution in [3.63, 3.8) is 0 Å². The van der Waals surface area contributed by atoms with Crippen molar-refractivity contribution < 1.29 is 0 Å². The first kappa shape index (κ1) is 55.2. The lowest BCUT2D eigenvalue weighted by Crippen LogP contribution is -1.92. The summed E-state index contributed by atoms with van der Waals surface area (Å²) < 4.78 is 0. The molecule has 0 aliphatic carbocycles. The summed E-state index contributed by atoms with van der Waals surface area (Å²) in [6.07, 6.45) is 16.3. The molecule has 0 fully saturated rings. The van der Waals surface area contributed by atoms with Crippen LogP contribution in [0.3, 0.4) is 0 Å². The highest BCUT2D eigenvalue weighted by Crippen LogP contribution is 2.46. The van der Waals surface area contributed by atoms with Gasteiger partial charge in [0.05, 0.1) is 0 Å². The maximum atomic E-state index is 3.92. The van der Waals surface area contributed by atoms with E-state index in [1.165, 1.54) is 98.1 Å². The van der Waals surface area contributed by atoms with E-state index in [4.69, 9.17) is 0 Å². The van der Waals surface area contributed by atoms with Crippen LogP contribution in [0.5, 0.6) is 0 Å². The molecule has 1 heteroatoms. The van der Waals surface area contributed by atoms with Crippen molar-refractivity contribution in [2.75, 3.05) is 0 Å². The molecule has 0 nitrogen and oxygen atoms in total. The lowest BCUT2D eigenvalue weighted by Gasteiger charge is -2.19. The quantitative estimate of drug-likeness (QED) is 0.0335.